The number of likely N-dealkylation sites (N-methyl/N-ethyl adjacent to an activating group) is 1. The minimum atomic E-state index is 0.757. The van der Waals surface area contributed by atoms with Crippen molar-refractivity contribution in [2.75, 3.05) is 46.8 Å². The molecule has 3 atom stereocenters. The molecule has 1 aliphatic carbocycles. The van der Waals surface area contributed by atoms with Crippen LogP contribution in [0.4, 0.5) is 0 Å². The van der Waals surface area contributed by atoms with Crippen molar-refractivity contribution in [1.82, 2.24) is 15.1 Å². The lowest BCUT2D eigenvalue weighted by molar-refractivity contribution is 0.0992. The summed E-state index contributed by atoms with van der Waals surface area (Å²) < 4.78 is 0. The van der Waals surface area contributed by atoms with E-state index in [0.29, 0.717) is 0 Å². The number of rotatable bonds is 5. The van der Waals surface area contributed by atoms with Gasteiger partial charge in [-0.3, -0.25) is 0 Å². The van der Waals surface area contributed by atoms with E-state index in [1.54, 1.807) is 0 Å². The van der Waals surface area contributed by atoms with Gasteiger partial charge in [-0.15, -0.1) is 0 Å². The summed E-state index contributed by atoms with van der Waals surface area (Å²) in [4.78, 5) is 5.15. The Morgan fingerprint density at radius 1 is 1.11 bits per heavy atom. The van der Waals surface area contributed by atoms with E-state index in [1.807, 2.05) is 0 Å². The normalized spacial score (nSPS) is 34.6. The van der Waals surface area contributed by atoms with Gasteiger partial charge in [0.15, 0.2) is 0 Å². The van der Waals surface area contributed by atoms with Crippen LogP contribution in [0.5, 0.6) is 0 Å². The Balaban J connectivity index is 1.83. The molecular weight excluding hydrogens is 234 g/mol. The third kappa shape index (κ3) is 4.44. The van der Waals surface area contributed by atoms with Gasteiger partial charge in [0.05, 0.1) is 0 Å². The second-order valence-electron chi connectivity index (χ2n) is 6.73. The van der Waals surface area contributed by atoms with Crippen LogP contribution in [0.15, 0.2) is 0 Å². The molecule has 0 radical (unpaired) electrons. The molecule has 19 heavy (non-hydrogen) atoms. The molecule has 3 unspecified atom stereocenters. The van der Waals surface area contributed by atoms with Crippen molar-refractivity contribution in [1.29, 1.82) is 0 Å². The average molecular weight is 267 g/mol. The van der Waals surface area contributed by atoms with Crippen LogP contribution in [-0.2, 0) is 0 Å². The molecule has 1 aliphatic heterocycles. The number of hydrogen-bond acceptors (Lipinski definition) is 3. The van der Waals surface area contributed by atoms with Gasteiger partial charge >= 0.3 is 0 Å². The molecule has 1 saturated heterocycles. The highest BCUT2D eigenvalue weighted by Gasteiger charge is 2.30. The van der Waals surface area contributed by atoms with E-state index in [2.05, 4.69) is 36.1 Å². The molecule has 3 nitrogen and oxygen atoms in total. The standard InChI is InChI=1S/C16H33N3/c1-4-5-14-6-7-16(17-2)15(12-14)13-19-10-8-18(3)9-11-19/h14-17H,4-13H2,1-3H3. The van der Waals surface area contributed by atoms with Gasteiger partial charge in [-0.25, -0.2) is 0 Å². The number of nitrogens with zero attached hydrogens (tertiary/aromatic N) is 2. The largest absolute Gasteiger partial charge is 0.317 e. The third-order valence-corrected chi connectivity index (χ3v) is 5.25. The van der Waals surface area contributed by atoms with Gasteiger partial charge in [-0.05, 0) is 45.2 Å². The first kappa shape index (κ1) is 15.3. The van der Waals surface area contributed by atoms with Gasteiger partial charge in [-0.2, -0.15) is 0 Å². The lowest BCUT2D eigenvalue weighted by Gasteiger charge is -2.41. The van der Waals surface area contributed by atoms with Crippen molar-refractivity contribution in [3.8, 4) is 0 Å². The zero-order valence-corrected chi connectivity index (χ0v) is 13.2. The number of nitrogens with one attached hydrogen (secondary N) is 1. The minimum absolute atomic E-state index is 0.757. The molecule has 0 bridgehead atoms. The lowest BCUT2D eigenvalue weighted by Crippen LogP contribution is -2.50. The lowest BCUT2D eigenvalue weighted by atomic mass is 9.76. The summed E-state index contributed by atoms with van der Waals surface area (Å²) in [7, 11) is 4.40. The van der Waals surface area contributed by atoms with Gasteiger partial charge in [0.1, 0.15) is 0 Å². The van der Waals surface area contributed by atoms with Crippen molar-refractivity contribution in [3.63, 3.8) is 0 Å². The van der Waals surface area contributed by atoms with E-state index in [4.69, 9.17) is 0 Å². The van der Waals surface area contributed by atoms with Crippen molar-refractivity contribution < 1.29 is 0 Å². The Labute approximate surface area is 119 Å². The fraction of sp³-hybridized carbons (Fsp3) is 1.00. The molecule has 0 aromatic heterocycles. The molecule has 0 amide bonds. The monoisotopic (exact) mass is 267 g/mol. The second kappa shape index (κ2) is 7.61. The Bertz CT molecular complexity index is 248. The van der Waals surface area contributed by atoms with E-state index < -0.39 is 0 Å². The molecule has 3 heteroatoms. The van der Waals surface area contributed by atoms with Crippen LogP contribution in [0.3, 0.4) is 0 Å². The zero-order chi connectivity index (χ0) is 13.7. The second-order valence-corrected chi connectivity index (χ2v) is 6.73. The fourth-order valence-corrected chi connectivity index (χ4v) is 3.98. The summed E-state index contributed by atoms with van der Waals surface area (Å²) in [6, 6.07) is 0.757. The van der Waals surface area contributed by atoms with Crippen molar-refractivity contribution >= 4 is 0 Å². The highest BCUT2D eigenvalue weighted by molar-refractivity contribution is 4.86. The predicted octanol–water partition coefficient (Wildman–Crippen LogP) is 2.04. The van der Waals surface area contributed by atoms with Gasteiger partial charge in [0.25, 0.3) is 0 Å². The topological polar surface area (TPSA) is 18.5 Å². The van der Waals surface area contributed by atoms with Crippen LogP contribution < -0.4 is 5.32 Å². The van der Waals surface area contributed by atoms with Crippen LogP contribution >= 0.6 is 0 Å². The van der Waals surface area contributed by atoms with E-state index in [1.165, 1.54) is 64.8 Å². The van der Waals surface area contributed by atoms with Crippen LogP contribution in [-0.4, -0.2) is 62.7 Å². The molecule has 1 heterocycles. The predicted molar refractivity (Wildman–Crippen MR) is 82.5 cm³/mol. The summed E-state index contributed by atoms with van der Waals surface area (Å²) >= 11 is 0. The Morgan fingerprint density at radius 2 is 1.84 bits per heavy atom. The number of hydrogen-bond donors (Lipinski definition) is 1. The Morgan fingerprint density at radius 3 is 2.47 bits per heavy atom. The molecule has 0 aromatic rings. The quantitative estimate of drug-likeness (QED) is 0.822. The van der Waals surface area contributed by atoms with Gasteiger partial charge < -0.3 is 15.1 Å². The van der Waals surface area contributed by atoms with Crippen LogP contribution in [0.2, 0.25) is 0 Å². The molecule has 112 valence electrons. The molecule has 2 fully saturated rings. The summed E-state index contributed by atoms with van der Waals surface area (Å²) in [5.74, 6) is 1.87. The first-order chi connectivity index (χ1) is 9.22. The third-order valence-electron chi connectivity index (χ3n) is 5.25. The zero-order valence-electron chi connectivity index (χ0n) is 13.2. The molecule has 0 aromatic carbocycles. The van der Waals surface area contributed by atoms with Crippen molar-refractivity contribution in [2.24, 2.45) is 11.8 Å². The van der Waals surface area contributed by atoms with E-state index in [-0.39, 0.29) is 0 Å². The average Bonchev–Trinajstić information content (AvgIpc) is 2.42. The van der Waals surface area contributed by atoms with Crippen LogP contribution in [0.25, 0.3) is 0 Å². The maximum Gasteiger partial charge on any atom is 0.0110 e. The van der Waals surface area contributed by atoms with Crippen LogP contribution in [0, 0.1) is 11.8 Å². The highest BCUT2D eigenvalue weighted by atomic mass is 15.2. The number of piperazine rings is 1. The first-order valence-corrected chi connectivity index (χ1v) is 8.31. The maximum absolute atomic E-state index is 3.58. The summed E-state index contributed by atoms with van der Waals surface area (Å²) in [5, 5.41) is 3.58. The minimum Gasteiger partial charge on any atom is -0.317 e. The van der Waals surface area contributed by atoms with Gasteiger partial charge in [0.2, 0.25) is 0 Å². The van der Waals surface area contributed by atoms with Crippen LogP contribution in [0.1, 0.15) is 39.0 Å². The fourth-order valence-electron chi connectivity index (χ4n) is 3.98. The first-order valence-electron chi connectivity index (χ1n) is 8.31. The molecular formula is C16H33N3. The summed E-state index contributed by atoms with van der Waals surface area (Å²) in [5.41, 5.74) is 0. The molecule has 1 saturated carbocycles. The Hall–Kier alpha value is -0.120. The summed E-state index contributed by atoms with van der Waals surface area (Å²) in [6.45, 7) is 8.67. The smallest absolute Gasteiger partial charge is 0.0110 e. The molecule has 2 rings (SSSR count). The molecule has 0 spiro atoms. The molecule has 1 N–H and O–H groups in total. The van der Waals surface area contributed by atoms with Gasteiger partial charge in [0, 0.05) is 38.8 Å². The molecule has 2 aliphatic rings. The summed E-state index contributed by atoms with van der Waals surface area (Å²) in [6.07, 6.45) is 7.08. The maximum atomic E-state index is 3.58. The van der Waals surface area contributed by atoms with Gasteiger partial charge in [-0.1, -0.05) is 19.8 Å². The van der Waals surface area contributed by atoms with Crippen molar-refractivity contribution in [3.05, 3.63) is 0 Å². The van der Waals surface area contributed by atoms with E-state index >= 15 is 0 Å². The highest BCUT2D eigenvalue weighted by Crippen LogP contribution is 2.32. The SMILES string of the molecule is CCCC1CCC(NC)C(CN2CCN(C)CC2)C1. The van der Waals surface area contributed by atoms with E-state index in [9.17, 15) is 0 Å². The van der Waals surface area contributed by atoms with Crippen molar-refractivity contribution in [2.45, 2.75) is 45.1 Å². The van der Waals surface area contributed by atoms with E-state index in [0.717, 1.165) is 17.9 Å². The Kier molecular flexibility index (Phi) is 6.11.